The number of aromatic nitrogens is 2. The third-order valence-electron chi connectivity index (χ3n) is 4.63. The number of aryl methyl sites for hydroxylation is 2. The Labute approximate surface area is 165 Å². The minimum absolute atomic E-state index is 0.207. The Balaban J connectivity index is 1.78. The third-order valence-corrected chi connectivity index (χ3v) is 5.44. The molecule has 0 aliphatic heterocycles. The summed E-state index contributed by atoms with van der Waals surface area (Å²) in [5, 5.41) is 7.47. The number of fused-ring (bicyclic) bond motifs is 1. The van der Waals surface area contributed by atoms with E-state index in [1.165, 1.54) is 0 Å². The fourth-order valence-electron chi connectivity index (χ4n) is 3.17. The highest BCUT2D eigenvalue weighted by Gasteiger charge is 2.15. The molecule has 0 bridgehead atoms. The van der Waals surface area contributed by atoms with E-state index in [1.54, 1.807) is 0 Å². The maximum absolute atomic E-state index is 10.8. The molecule has 1 heterocycles. The first-order chi connectivity index (χ1) is 13.3. The van der Waals surface area contributed by atoms with Crippen molar-refractivity contribution in [1.29, 1.82) is 0 Å². The predicted molar refractivity (Wildman–Crippen MR) is 111 cm³/mol. The summed E-state index contributed by atoms with van der Waals surface area (Å²) in [6.07, 6.45) is 4.97. The van der Waals surface area contributed by atoms with E-state index in [1.807, 2.05) is 89.4 Å². The number of rotatable bonds is 8. The molecule has 0 radical (unpaired) electrons. The van der Waals surface area contributed by atoms with E-state index in [-0.39, 0.29) is 5.75 Å². The van der Waals surface area contributed by atoms with Gasteiger partial charge in [-0.2, -0.15) is 18.2 Å². The van der Waals surface area contributed by atoms with Gasteiger partial charge in [0.25, 0.3) is 10.1 Å². The first-order valence-corrected chi connectivity index (χ1v) is 10.7. The third kappa shape index (κ3) is 4.96. The number of unbranched alkanes of at least 4 members (excludes halogenated alkanes) is 1. The number of benzene rings is 2. The normalized spacial score (nSPS) is 12.1. The largest absolute Gasteiger partial charge is 0.286 e. The Morgan fingerprint density at radius 2 is 1.89 bits per heavy atom. The van der Waals surface area contributed by atoms with Crippen LogP contribution in [0.1, 0.15) is 18.4 Å². The van der Waals surface area contributed by atoms with Gasteiger partial charge in [-0.3, -0.25) is 9.56 Å². The summed E-state index contributed by atoms with van der Waals surface area (Å²) >= 11 is 0. The fourth-order valence-corrected chi connectivity index (χ4v) is 3.74. The fraction of sp³-hybridized carbons (Fsp3) is 0.300. The van der Waals surface area contributed by atoms with Gasteiger partial charge in [0, 0.05) is 19.0 Å². The molecule has 28 heavy (non-hydrogen) atoms. The Morgan fingerprint density at radius 1 is 1.14 bits per heavy atom. The van der Waals surface area contributed by atoms with Gasteiger partial charge in [0.15, 0.2) is 6.54 Å². The SMILES string of the molecule is CN(N=Cc1cccc2c[n+](CCCCS(=O)(=O)O)n(C)c12)c1ccccc1. The summed E-state index contributed by atoms with van der Waals surface area (Å²) in [7, 11) is -0.0119. The molecule has 7 nitrogen and oxygen atoms in total. The Kier molecular flexibility index (Phi) is 6.11. The highest BCUT2D eigenvalue weighted by atomic mass is 32.2. The van der Waals surface area contributed by atoms with E-state index < -0.39 is 10.1 Å². The quantitative estimate of drug-likeness (QED) is 0.207. The van der Waals surface area contributed by atoms with Crippen molar-refractivity contribution in [3.63, 3.8) is 0 Å². The van der Waals surface area contributed by atoms with Crippen molar-refractivity contribution in [3.05, 3.63) is 60.3 Å². The van der Waals surface area contributed by atoms with E-state index in [4.69, 9.17) is 4.55 Å². The van der Waals surface area contributed by atoms with Crippen LogP contribution < -0.4 is 9.69 Å². The van der Waals surface area contributed by atoms with Crippen molar-refractivity contribution in [2.24, 2.45) is 12.1 Å². The second-order valence-electron chi connectivity index (χ2n) is 6.70. The lowest BCUT2D eigenvalue weighted by molar-refractivity contribution is -0.771. The molecule has 0 aliphatic rings. The number of nitrogens with zero attached hydrogens (tertiary/aromatic N) is 4. The number of hydrogen-bond acceptors (Lipinski definition) is 4. The molecular formula is C20H25N4O3S+. The monoisotopic (exact) mass is 401 g/mol. The molecule has 0 atom stereocenters. The van der Waals surface area contributed by atoms with Crippen LogP contribution in [0, 0.1) is 0 Å². The molecule has 0 amide bonds. The van der Waals surface area contributed by atoms with Crippen molar-refractivity contribution >= 4 is 32.9 Å². The van der Waals surface area contributed by atoms with Gasteiger partial charge in [0.2, 0.25) is 6.20 Å². The van der Waals surface area contributed by atoms with E-state index >= 15 is 0 Å². The summed E-state index contributed by atoms with van der Waals surface area (Å²) in [5.74, 6) is -0.207. The minimum Gasteiger partial charge on any atom is -0.286 e. The first kappa shape index (κ1) is 20.0. The summed E-state index contributed by atoms with van der Waals surface area (Å²) in [5.41, 5.74) is 3.06. The molecule has 2 aromatic carbocycles. The second-order valence-corrected chi connectivity index (χ2v) is 8.27. The zero-order valence-corrected chi connectivity index (χ0v) is 16.9. The predicted octanol–water partition coefficient (Wildman–Crippen LogP) is 2.60. The van der Waals surface area contributed by atoms with Gasteiger partial charge in [0.05, 0.1) is 30.1 Å². The van der Waals surface area contributed by atoms with Crippen LogP contribution in [0.2, 0.25) is 0 Å². The van der Waals surface area contributed by atoms with Crippen LogP contribution in [0.4, 0.5) is 5.69 Å². The Morgan fingerprint density at radius 3 is 2.61 bits per heavy atom. The molecule has 8 heteroatoms. The molecule has 0 fully saturated rings. The van der Waals surface area contributed by atoms with Crippen LogP contribution >= 0.6 is 0 Å². The second kappa shape index (κ2) is 8.53. The van der Waals surface area contributed by atoms with Gasteiger partial charge < -0.3 is 0 Å². The molecule has 3 rings (SSSR count). The van der Waals surface area contributed by atoms with Gasteiger partial charge in [0.1, 0.15) is 5.52 Å². The van der Waals surface area contributed by atoms with E-state index in [9.17, 15) is 8.42 Å². The summed E-state index contributed by atoms with van der Waals surface area (Å²) in [6, 6.07) is 16.0. The van der Waals surface area contributed by atoms with Crippen LogP contribution in [0.3, 0.4) is 0 Å². The van der Waals surface area contributed by atoms with E-state index in [0.29, 0.717) is 19.4 Å². The lowest BCUT2D eigenvalue weighted by atomic mass is 10.1. The standard InChI is InChI=1S/C20H24N4O3S/c1-22(19-11-4-3-5-12-19)21-15-17-9-8-10-18-16-24(23(2)20(17)18)13-6-7-14-28(25,26)27/h3-5,8-12,15-16H,6-7,13-14H2,1-2H3/p+1. The molecule has 1 aromatic heterocycles. The van der Waals surface area contributed by atoms with Crippen molar-refractivity contribution in [2.75, 3.05) is 17.8 Å². The maximum atomic E-state index is 10.8. The minimum atomic E-state index is -3.90. The van der Waals surface area contributed by atoms with Crippen molar-refractivity contribution in [1.82, 2.24) is 4.68 Å². The van der Waals surface area contributed by atoms with Crippen molar-refractivity contribution in [2.45, 2.75) is 19.4 Å². The van der Waals surface area contributed by atoms with Gasteiger partial charge in [-0.25, -0.2) is 0 Å². The number of hydrogen-bond donors (Lipinski definition) is 1. The molecule has 0 spiro atoms. The van der Waals surface area contributed by atoms with Gasteiger partial charge in [-0.1, -0.05) is 30.3 Å². The summed E-state index contributed by atoms with van der Waals surface area (Å²) in [6.45, 7) is 0.668. The van der Waals surface area contributed by atoms with Crippen LogP contribution in [0.5, 0.6) is 0 Å². The average Bonchev–Trinajstić information content (AvgIpc) is 2.99. The Bertz CT molecular complexity index is 1080. The number of anilines is 1. The summed E-state index contributed by atoms with van der Waals surface area (Å²) in [4.78, 5) is 0. The zero-order valence-electron chi connectivity index (χ0n) is 16.1. The maximum Gasteiger partial charge on any atom is 0.264 e. The van der Waals surface area contributed by atoms with E-state index in [0.717, 1.165) is 22.2 Å². The summed E-state index contributed by atoms with van der Waals surface area (Å²) < 4.78 is 34.6. The lowest BCUT2D eigenvalue weighted by Gasteiger charge is -2.12. The van der Waals surface area contributed by atoms with Gasteiger partial charge in [-0.05, 0) is 24.6 Å². The van der Waals surface area contributed by atoms with E-state index in [2.05, 4.69) is 5.10 Å². The molecule has 0 aliphatic carbocycles. The van der Waals surface area contributed by atoms with Gasteiger partial charge in [-0.15, -0.1) is 4.68 Å². The number of hydrazone groups is 1. The van der Waals surface area contributed by atoms with Crippen LogP contribution in [-0.2, 0) is 23.7 Å². The lowest BCUT2D eigenvalue weighted by Crippen LogP contribution is -2.41. The highest BCUT2D eigenvalue weighted by molar-refractivity contribution is 7.85. The van der Waals surface area contributed by atoms with Gasteiger partial charge >= 0.3 is 0 Å². The molecule has 0 unspecified atom stereocenters. The van der Waals surface area contributed by atoms with Crippen molar-refractivity contribution in [3.8, 4) is 0 Å². The van der Waals surface area contributed by atoms with Crippen LogP contribution in [0.25, 0.3) is 10.9 Å². The molecule has 3 aromatic rings. The molecule has 0 saturated heterocycles. The zero-order chi connectivity index (χ0) is 20.1. The molecule has 1 N–H and O–H groups in total. The average molecular weight is 402 g/mol. The highest BCUT2D eigenvalue weighted by Crippen LogP contribution is 2.17. The first-order valence-electron chi connectivity index (χ1n) is 9.11. The Hall–Kier alpha value is -2.71. The van der Waals surface area contributed by atoms with Crippen LogP contribution in [-0.4, -0.2) is 36.7 Å². The van der Waals surface area contributed by atoms with Crippen molar-refractivity contribution < 1.29 is 17.7 Å². The van der Waals surface area contributed by atoms with Crippen LogP contribution in [0.15, 0.2) is 59.8 Å². The molecular weight excluding hydrogens is 376 g/mol. The smallest absolute Gasteiger partial charge is 0.264 e. The number of para-hydroxylation sites is 2. The topological polar surface area (TPSA) is 78.8 Å². The molecule has 0 saturated carbocycles. The molecule has 148 valence electrons.